The van der Waals surface area contributed by atoms with Crippen LogP contribution in [0.2, 0.25) is 0 Å². The summed E-state index contributed by atoms with van der Waals surface area (Å²) in [6, 6.07) is 0. The second kappa shape index (κ2) is 9.06. The van der Waals surface area contributed by atoms with Gasteiger partial charge in [-0.05, 0) is 0 Å². The van der Waals surface area contributed by atoms with Crippen molar-refractivity contribution in [2.45, 2.75) is 6.10 Å². The number of nitrogens with zero attached hydrogens (tertiary/aromatic N) is 1. The van der Waals surface area contributed by atoms with Gasteiger partial charge in [0.15, 0.2) is 5.96 Å². The Hall–Kier alpha value is -0.200. The van der Waals surface area contributed by atoms with Gasteiger partial charge < -0.3 is 15.7 Å². The molecule has 0 amide bonds. The number of halogens is 1. The van der Waals surface area contributed by atoms with Gasteiger partial charge in [0.05, 0.1) is 12.6 Å². The van der Waals surface area contributed by atoms with E-state index < -0.39 is 0 Å². The Labute approximate surface area is 105 Å². The smallest absolute Gasteiger partial charge is 0.191 e. The highest BCUT2D eigenvalue weighted by Gasteiger charge is 2.10. The lowest BCUT2D eigenvalue weighted by molar-refractivity contribution is 0.180. The van der Waals surface area contributed by atoms with Crippen LogP contribution < -0.4 is 10.6 Å². The van der Waals surface area contributed by atoms with Crippen LogP contribution in [0.3, 0.4) is 0 Å². The van der Waals surface area contributed by atoms with Gasteiger partial charge in [-0.2, -0.15) is 11.8 Å². The predicted octanol–water partition coefficient (Wildman–Crippen LogP) is 0.393. The van der Waals surface area contributed by atoms with E-state index in [-0.39, 0.29) is 23.1 Å². The molecule has 3 N–H and O–H groups in total. The summed E-state index contributed by atoms with van der Waals surface area (Å²) in [5.74, 6) is 2.82. The van der Waals surface area contributed by atoms with Crippen molar-refractivity contribution in [2.75, 3.05) is 31.1 Å². The molecule has 0 aromatic heterocycles. The Balaban J connectivity index is 0.00000196. The number of hydrogen-bond donors (Lipinski definition) is 3. The van der Waals surface area contributed by atoms with Crippen molar-refractivity contribution in [3.05, 3.63) is 12.7 Å². The zero-order valence-electron chi connectivity index (χ0n) is 8.61. The predicted molar refractivity (Wildman–Crippen MR) is 72.2 cm³/mol. The van der Waals surface area contributed by atoms with Crippen LogP contribution in [0.1, 0.15) is 0 Å². The number of rotatable bonds is 5. The van der Waals surface area contributed by atoms with Gasteiger partial charge in [-0.1, -0.05) is 6.08 Å². The molecule has 1 atom stereocenters. The summed E-state index contributed by atoms with van der Waals surface area (Å²) in [5, 5.41) is 15.3. The summed E-state index contributed by atoms with van der Waals surface area (Å²) < 4.78 is 0. The molecule has 0 aromatic rings. The van der Waals surface area contributed by atoms with Crippen LogP contribution in [0.4, 0.5) is 0 Å². The summed E-state index contributed by atoms with van der Waals surface area (Å²) >= 11 is 1.83. The molecule has 1 rings (SSSR count). The Morgan fingerprint density at radius 2 is 2.53 bits per heavy atom. The van der Waals surface area contributed by atoms with Crippen molar-refractivity contribution >= 4 is 34.7 Å². The molecule has 0 aliphatic carbocycles. The van der Waals surface area contributed by atoms with Gasteiger partial charge in [0.25, 0.3) is 0 Å². The molecule has 6 heteroatoms. The highest BCUT2D eigenvalue weighted by atomic mass is 79.9. The first-order valence-electron chi connectivity index (χ1n) is 4.72. The SMILES string of the molecule is Br.C=CCSCCNC1=NCC(O)CN1. The lowest BCUT2D eigenvalue weighted by atomic mass is 10.3. The van der Waals surface area contributed by atoms with Crippen LogP contribution >= 0.6 is 28.7 Å². The summed E-state index contributed by atoms with van der Waals surface area (Å²) in [4.78, 5) is 4.14. The Morgan fingerprint density at radius 1 is 1.73 bits per heavy atom. The third-order valence-electron chi connectivity index (χ3n) is 1.74. The molecule has 4 nitrogen and oxygen atoms in total. The van der Waals surface area contributed by atoms with Crippen molar-refractivity contribution in [1.82, 2.24) is 10.6 Å². The number of aliphatic imine (C=N–C) groups is 1. The maximum absolute atomic E-state index is 9.16. The van der Waals surface area contributed by atoms with Crippen LogP contribution in [0, 0.1) is 0 Å². The first-order chi connectivity index (χ1) is 6.83. The molecule has 0 radical (unpaired) electrons. The molecule has 0 fully saturated rings. The number of aliphatic hydroxyl groups is 1. The van der Waals surface area contributed by atoms with Gasteiger partial charge in [-0.15, -0.1) is 23.6 Å². The Bertz CT molecular complexity index is 214. The van der Waals surface area contributed by atoms with Crippen LogP contribution in [-0.4, -0.2) is 48.3 Å². The van der Waals surface area contributed by atoms with Crippen LogP contribution in [-0.2, 0) is 0 Å². The van der Waals surface area contributed by atoms with Crippen molar-refractivity contribution < 1.29 is 5.11 Å². The Morgan fingerprint density at radius 3 is 3.13 bits per heavy atom. The average Bonchev–Trinajstić information content (AvgIpc) is 2.21. The minimum Gasteiger partial charge on any atom is -0.389 e. The molecular weight excluding hydrogens is 278 g/mol. The van der Waals surface area contributed by atoms with Crippen LogP contribution in [0.15, 0.2) is 17.6 Å². The molecule has 1 aliphatic rings. The number of β-amino-alcohol motifs (C(OH)–C–C–N with tert-alkyl or cyclic N) is 1. The number of nitrogens with one attached hydrogen (secondary N) is 2. The second-order valence-electron chi connectivity index (χ2n) is 3.01. The van der Waals surface area contributed by atoms with E-state index in [0.717, 1.165) is 24.0 Å². The topological polar surface area (TPSA) is 56.7 Å². The van der Waals surface area contributed by atoms with Crippen molar-refractivity contribution in [3.8, 4) is 0 Å². The lowest BCUT2D eigenvalue weighted by Gasteiger charge is -2.19. The largest absolute Gasteiger partial charge is 0.389 e. The lowest BCUT2D eigenvalue weighted by Crippen LogP contribution is -2.46. The summed E-state index contributed by atoms with van der Waals surface area (Å²) in [6.45, 7) is 5.62. The summed E-state index contributed by atoms with van der Waals surface area (Å²) in [5.41, 5.74) is 0. The van der Waals surface area contributed by atoms with E-state index in [4.69, 9.17) is 5.11 Å². The zero-order valence-corrected chi connectivity index (χ0v) is 11.1. The van der Waals surface area contributed by atoms with Crippen molar-refractivity contribution in [3.63, 3.8) is 0 Å². The second-order valence-corrected chi connectivity index (χ2v) is 4.16. The van der Waals surface area contributed by atoms with E-state index in [0.29, 0.717) is 13.1 Å². The minimum absolute atomic E-state index is 0. The maximum Gasteiger partial charge on any atom is 0.191 e. The standard InChI is InChI=1S/C9H17N3OS.BrH/c1-2-4-14-5-3-10-9-11-6-8(13)7-12-9;/h2,8,13H,1,3-7H2,(H2,10,11,12);1H. The third kappa shape index (κ3) is 6.81. The van der Waals surface area contributed by atoms with Crippen molar-refractivity contribution in [2.24, 2.45) is 4.99 Å². The molecular formula is C9H18BrN3OS. The summed E-state index contributed by atoms with van der Waals surface area (Å²) in [6.07, 6.45) is 1.56. The van der Waals surface area contributed by atoms with Crippen molar-refractivity contribution in [1.29, 1.82) is 0 Å². The number of hydrogen-bond acceptors (Lipinski definition) is 5. The first kappa shape index (κ1) is 14.8. The van der Waals surface area contributed by atoms with E-state index in [1.165, 1.54) is 0 Å². The molecule has 1 unspecified atom stereocenters. The number of guanidine groups is 1. The highest BCUT2D eigenvalue weighted by Crippen LogP contribution is 1.97. The van der Waals surface area contributed by atoms with Gasteiger partial charge >= 0.3 is 0 Å². The van der Waals surface area contributed by atoms with Gasteiger partial charge in [0.2, 0.25) is 0 Å². The van der Waals surface area contributed by atoms with Gasteiger partial charge in [-0.3, -0.25) is 4.99 Å². The Kier molecular flexibility index (Phi) is 8.94. The fraction of sp³-hybridized carbons (Fsp3) is 0.667. The third-order valence-corrected chi connectivity index (χ3v) is 2.70. The van der Waals surface area contributed by atoms with Crippen LogP contribution in [0.25, 0.3) is 0 Å². The highest BCUT2D eigenvalue weighted by molar-refractivity contribution is 8.93. The molecule has 88 valence electrons. The molecule has 15 heavy (non-hydrogen) atoms. The van der Waals surface area contributed by atoms with Gasteiger partial charge in [-0.25, -0.2) is 0 Å². The van der Waals surface area contributed by atoms with Gasteiger partial charge in [0, 0.05) is 24.6 Å². The van der Waals surface area contributed by atoms with E-state index >= 15 is 0 Å². The van der Waals surface area contributed by atoms with E-state index in [1.54, 1.807) is 0 Å². The van der Waals surface area contributed by atoms with E-state index in [2.05, 4.69) is 22.2 Å². The molecule has 1 aliphatic heterocycles. The molecule has 0 aromatic carbocycles. The number of aliphatic hydroxyl groups excluding tert-OH is 1. The monoisotopic (exact) mass is 295 g/mol. The first-order valence-corrected chi connectivity index (χ1v) is 5.87. The minimum atomic E-state index is -0.337. The molecule has 0 saturated carbocycles. The zero-order chi connectivity index (χ0) is 10.2. The molecule has 0 spiro atoms. The average molecular weight is 296 g/mol. The normalized spacial score (nSPS) is 19.5. The fourth-order valence-electron chi connectivity index (χ4n) is 1.06. The molecule has 0 saturated heterocycles. The number of thioether (sulfide) groups is 1. The van der Waals surface area contributed by atoms with E-state index in [1.807, 2.05) is 17.8 Å². The fourth-order valence-corrected chi connectivity index (χ4v) is 1.64. The van der Waals surface area contributed by atoms with Gasteiger partial charge in [0.1, 0.15) is 0 Å². The maximum atomic E-state index is 9.16. The summed E-state index contributed by atoms with van der Waals surface area (Å²) in [7, 11) is 0. The van der Waals surface area contributed by atoms with E-state index in [9.17, 15) is 0 Å². The molecule has 0 bridgehead atoms. The quantitative estimate of drug-likeness (QED) is 0.507. The van der Waals surface area contributed by atoms with Crippen LogP contribution in [0.5, 0.6) is 0 Å². The molecule has 1 heterocycles.